The molecular weight excluding hydrogens is 275 g/mol. The smallest absolute Gasteiger partial charge is 0.165 e. The van der Waals surface area contributed by atoms with Crippen LogP contribution in [0.15, 0.2) is 18.2 Å². The van der Waals surface area contributed by atoms with E-state index >= 15 is 0 Å². The predicted octanol–water partition coefficient (Wildman–Crippen LogP) is 6.47. The zero-order valence-electron chi connectivity index (χ0n) is 14.2. The van der Waals surface area contributed by atoms with Gasteiger partial charge in [0.15, 0.2) is 11.6 Å². The fourth-order valence-corrected chi connectivity index (χ4v) is 3.61. The van der Waals surface area contributed by atoms with Crippen LogP contribution in [0.5, 0.6) is 5.75 Å². The van der Waals surface area contributed by atoms with Gasteiger partial charge in [0.25, 0.3) is 0 Å². The van der Waals surface area contributed by atoms with E-state index in [1.807, 2.05) is 6.07 Å². The van der Waals surface area contributed by atoms with Gasteiger partial charge in [-0.2, -0.15) is 0 Å². The molecule has 0 atom stereocenters. The van der Waals surface area contributed by atoms with Crippen molar-refractivity contribution in [1.29, 1.82) is 0 Å². The summed E-state index contributed by atoms with van der Waals surface area (Å²) in [7, 11) is 0. The minimum absolute atomic E-state index is 0.190. The molecule has 2 rings (SSSR count). The van der Waals surface area contributed by atoms with Gasteiger partial charge in [0, 0.05) is 0 Å². The summed E-state index contributed by atoms with van der Waals surface area (Å²) < 4.78 is 19.7. The second-order valence-corrected chi connectivity index (χ2v) is 6.75. The van der Waals surface area contributed by atoms with Crippen LogP contribution in [0, 0.1) is 11.7 Å². The molecule has 0 saturated heterocycles. The van der Waals surface area contributed by atoms with Gasteiger partial charge in [-0.1, -0.05) is 45.6 Å². The van der Waals surface area contributed by atoms with E-state index in [4.69, 9.17) is 4.74 Å². The first-order valence-electron chi connectivity index (χ1n) is 9.16. The van der Waals surface area contributed by atoms with Crippen molar-refractivity contribution in [2.24, 2.45) is 5.92 Å². The first kappa shape index (κ1) is 17.3. The molecule has 0 radical (unpaired) electrons. The summed E-state index contributed by atoms with van der Waals surface area (Å²) in [4.78, 5) is 0. The summed E-state index contributed by atoms with van der Waals surface area (Å²) in [5.74, 6) is 1.66. The first-order valence-corrected chi connectivity index (χ1v) is 9.16. The predicted molar refractivity (Wildman–Crippen MR) is 91.0 cm³/mol. The van der Waals surface area contributed by atoms with Crippen LogP contribution in [0.25, 0.3) is 0 Å². The molecule has 0 amide bonds. The molecule has 0 N–H and O–H groups in total. The number of ether oxygens (including phenoxy) is 1. The van der Waals surface area contributed by atoms with Crippen LogP contribution in [-0.2, 0) is 0 Å². The van der Waals surface area contributed by atoms with Crippen molar-refractivity contribution in [1.82, 2.24) is 0 Å². The van der Waals surface area contributed by atoms with Crippen LogP contribution >= 0.6 is 0 Å². The zero-order valence-corrected chi connectivity index (χ0v) is 14.2. The SMILES string of the molecule is CCCCCOc1ccc(C2CCC(CCC)CC2)cc1F. The molecule has 124 valence electrons. The summed E-state index contributed by atoms with van der Waals surface area (Å²) in [6.45, 7) is 5.04. The summed E-state index contributed by atoms with van der Waals surface area (Å²) in [6, 6.07) is 5.61. The first-order chi connectivity index (χ1) is 10.7. The lowest BCUT2D eigenvalue weighted by atomic mass is 9.77. The molecule has 1 aromatic carbocycles. The van der Waals surface area contributed by atoms with Gasteiger partial charge in [-0.25, -0.2) is 4.39 Å². The second-order valence-electron chi connectivity index (χ2n) is 6.75. The van der Waals surface area contributed by atoms with E-state index < -0.39 is 0 Å². The molecule has 1 aromatic rings. The molecular formula is C20H31FO. The van der Waals surface area contributed by atoms with E-state index in [0.29, 0.717) is 18.3 Å². The average Bonchev–Trinajstić information content (AvgIpc) is 2.54. The topological polar surface area (TPSA) is 9.23 Å². The van der Waals surface area contributed by atoms with Crippen molar-refractivity contribution < 1.29 is 9.13 Å². The number of benzene rings is 1. The molecule has 0 unspecified atom stereocenters. The highest BCUT2D eigenvalue weighted by Crippen LogP contribution is 2.38. The third kappa shape index (κ3) is 5.00. The van der Waals surface area contributed by atoms with E-state index in [1.54, 1.807) is 6.07 Å². The lowest BCUT2D eigenvalue weighted by molar-refractivity contribution is 0.289. The highest BCUT2D eigenvalue weighted by atomic mass is 19.1. The fraction of sp³-hybridized carbons (Fsp3) is 0.700. The molecule has 1 aliphatic carbocycles. The number of halogens is 1. The molecule has 0 spiro atoms. The van der Waals surface area contributed by atoms with Gasteiger partial charge in [0.2, 0.25) is 0 Å². The molecule has 1 aliphatic rings. The largest absolute Gasteiger partial charge is 0.491 e. The Morgan fingerprint density at radius 2 is 1.82 bits per heavy atom. The Hall–Kier alpha value is -1.05. The van der Waals surface area contributed by atoms with Crippen molar-refractivity contribution in [2.45, 2.75) is 77.6 Å². The van der Waals surface area contributed by atoms with Crippen LogP contribution in [-0.4, -0.2) is 6.61 Å². The number of rotatable bonds is 8. The molecule has 1 nitrogen and oxygen atoms in total. The van der Waals surface area contributed by atoms with Gasteiger partial charge in [-0.15, -0.1) is 0 Å². The Bertz CT molecular complexity index is 435. The minimum Gasteiger partial charge on any atom is -0.491 e. The van der Waals surface area contributed by atoms with Crippen LogP contribution in [0.3, 0.4) is 0 Å². The Morgan fingerprint density at radius 1 is 1.05 bits per heavy atom. The summed E-state index contributed by atoms with van der Waals surface area (Å²) >= 11 is 0. The highest BCUT2D eigenvalue weighted by Gasteiger charge is 2.22. The van der Waals surface area contributed by atoms with Gasteiger partial charge >= 0.3 is 0 Å². The summed E-state index contributed by atoms with van der Waals surface area (Å²) in [6.07, 6.45) is 11.0. The van der Waals surface area contributed by atoms with Crippen LogP contribution < -0.4 is 4.74 Å². The Morgan fingerprint density at radius 3 is 2.45 bits per heavy atom. The van der Waals surface area contributed by atoms with Gasteiger partial charge in [-0.05, 0) is 61.6 Å². The van der Waals surface area contributed by atoms with Crippen LogP contribution in [0.4, 0.5) is 4.39 Å². The number of unbranched alkanes of at least 4 members (excludes halogenated alkanes) is 2. The van der Waals surface area contributed by atoms with E-state index in [0.717, 1.165) is 30.7 Å². The molecule has 0 heterocycles. The maximum Gasteiger partial charge on any atom is 0.165 e. The zero-order chi connectivity index (χ0) is 15.8. The van der Waals surface area contributed by atoms with Crippen molar-refractivity contribution >= 4 is 0 Å². The maximum atomic E-state index is 14.2. The highest BCUT2D eigenvalue weighted by molar-refractivity contribution is 5.31. The Kier molecular flexibility index (Phi) is 7.21. The average molecular weight is 306 g/mol. The quantitative estimate of drug-likeness (QED) is 0.500. The lowest BCUT2D eigenvalue weighted by Gasteiger charge is -2.28. The lowest BCUT2D eigenvalue weighted by Crippen LogP contribution is -2.13. The molecule has 1 saturated carbocycles. The van der Waals surface area contributed by atoms with Crippen molar-refractivity contribution in [3.63, 3.8) is 0 Å². The molecule has 1 fully saturated rings. The molecule has 0 aliphatic heterocycles. The van der Waals surface area contributed by atoms with E-state index in [1.165, 1.54) is 38.5 Å². The van der Waals surface area contributed by atoms with Gasteiger partial charge < -0.3 is 4.74 Å². The summed E-state index contributed by atoms with van der Waals surface area (Å²) in [5, 5.41) is 0. The molecule has 0 bridgehead atoms. The number of hydrogen-bond acceptors (Lipinski definition) is 1. The monoisotopic (exact) mass is 306 g/mol. The van der Waals surface area contributed by atoms with Crippen molar-refractivity contribution in [3.05, 3.63) is 29.6 Å². The maximum absolute atomic E-state index is 14.2. The van der Waals surface area contributed by atoms with E-state index in [-0.39, 0.29) is 5.82 Å². The van der Waals surface area contributed by atoms with Gasteiger partial charge in [0.1, 0.15) is 0 Å². The minimum atomic E-state index is -0.190. The second kappa shape index (κ2) is 9.17. The van der Waals surface area contributed by atoms with E-state index in [2.05, 4.69) is 19.9 Å². The normalized spacial score (nSPS) is 21.8. The van der Waals surface area contributed by atoms with Crippen LogP contribution in [0.1, 0.15) is 83.1 Å². The Labute approximate surface area is 135 Å². The third-order valence-electron chi connectivity index (χ3n) is 4.98. The fourth-order valence-electron chi connectivity index (χ4n) is 3.61. The van der Waals surface area contributed by atoms with Gasteiger partial charge in [-0.3, -0.25) is 0 Å². The van der Waals surface area contributed by atoms with Crippen molar-refractivity contribution in [2.75, 3.05) is 6.61 Å². The molecule has 2 heteroatoms. The Balaban J connectivity index is 1.86. The molecule has 0 aromatic heterocycles. The third-order valence-corrected chi connectivity index (χ3v) is 4.98. The van der Waals surface area contributed by atoms with Crippen LogP contribution in [0.2, 0.25) is 0 Å². The number of hydrogen-bond donors (Lipinski definition) is 0. The standard InChI is InChI=1S/C20H31FO/c1-3-5-6-14-22-20-13-12-18(15-19(20)21)17-10-8-16(7-4-2)9-11-17/h12-13,15-17H,3-11,14H2,1-2H3. The van der Waals surface area contributed by atoms with Gasteiger partial charge in [0.05, 0.1) is 6.61 Å². The van der Waals surface area contributed by atoms with Crippen molar-refractivity contribution in [3.8, 4) is 5.75 Å². The summed E-state index contributed by atoms with van der Waals surface area (Å²) in [5.41, 5.74) is 1.16. The van der Waals surface area contributed by atoms with E-state index in [9.17, 15) is 4.39 Å². The molecule has 22 heavy (non-hydrogen) atoms.